The summed E-state index contributed by atoms with van der Waals surface area (Å²) in [4.78, 5) is 21.6. The molecule has 3 heterocycles. The molecular weight excluding hydrogens is 256 g/mol. The smallest absolute Gasteiger partial charge is 0.198 e. The third-order valence-electron chi connectivity index (χ3n) is 3.31. The number of likely N-dealkylation sites (tertiary alicyclic amines) is 1. The van der Waals surface area contributed by atoms with E-state index in [9.17, 15) is 9.90 Å². The number of hydrogen-bond donors (Lipinski definition) is 1. The Kier molecular flexibility index (Phi) is 3.49. The minimum absolute atomic E-state index is 0. The van der Waals surface area contributed by atoms with Crippen molar-refractivity contribution in [3.05, 3.63) is 23.8 Å². The van der Waals surface area contributed by atoms with E-state index in [0.717, 1.165) is 22.7 Å². The average molecular weight is 268 g/mol. The first kappa shape index (κ1) is 12.8. The zero-order valence-electron chi connectivity index (χ0n) is 9.54. The second-order valence-corrected chi connectivity index (χ2v) is 4.30. The van der Waals surface area contributed by atoms with E-state index in [1.165, 1.54) is 4.90 Å². The quantitative estimate of drug-likeness (QED) is 0.519. The van der Waals surface area contributed by atoms with Crippen LogP contribution >= 0.6 is 0 Å². The standard InChI is InChI=1S/C11H12N4O2.ClH/c16-11(17)14-3-1-8(6-14)10-9-5-12-2-4-15(9)7-13-10;/h2,4-5,7-8H,1,3,6H2,(H,16,17);1H/p-1. The Morgan fingerprint density at radius 1 is 1.56 bits per heavy atom. The molecule has 6 nitrogen and oxygen atoms in total. The van der Waals surface area contributed by atoms with Crippen LogP contribution < -0.4 is 22.4 Å². The molecule has 1 N–H and O–H groups in total. The minimum atomic E-state index is -1.10. The topological polar surface area (TPSA) is 72.5 Å². The second-order valence-electron chi connectivity index (χ2n) is 4.30. The normalized spacial score (nSPS) is 28.6. The van der Waals surface area contributed by atoms with Crippen molar-refractivity contribution in [1.82, 2.24) is 4.90 Å². The summed E-state index contributed by atoms with van der Waals surface area (Å²) in [7, 11) is 0. The number of allylic oxidation sites excluding steroid dienone is 1. The molecule has 2 atom stereocenters. The first-order chi connectivity index (χ1) is 8.25. The fourth-order valence-electron chi connectivity index (χ4n) is 2.42. The van der Waals surface area contributed by atoms with Gasteiger partial charge in [-0.3, -0.25) is 4.99 Å². The highest BCUT2D eigenvalue weighted by Crippen LogP contribution is 2.26. The lowest BCUT2D eigenvalue weighted by Crippen LogP contribution is -3.04. The second kappa shape index (κ2) is 4.91. The first-order valence-electron chi connectivity index (χ1n) is 5.57. The molecule has 7 heteroatoms. The van der Waals surface area contributed by atoms with Gasteiger partial charge in [-0.1, -0.05) is 0 Å². The Balaban J connectivity index is 0.00000120. The number of nitrogens with zero attached hydrogens (tertiary/aromatic N) is 3. The Labute approximate surface area is 110 Å². The fourth-order valence-corrected chi connectivity index (χ4v) is 2.42. The number of halogens is 1. The number of fused-ring (bicyclic) bond motifs is 1. The highest BCUT2D eigenvalue weighted by atomic mass is 35.5. The molecule has 0 saturated carbocycles. The summed E-state index contributed by atoms with van der Waals surface area (Å²) in [6.45, 7) is 1.00. The molecule has 96 valence electrons. The van der Waals surface area contributed by atoms with Crippen molar-refractivity contribution in [3.8, 4) is 0 Å². The van der Waals surface area contributed by atoms with Crippen molar-refractivity contribution in [1.29, 1.82) is 0 Å². The zero-order chi connectivity index (χ0) is 11.8. The molecule has 1 amide bonds. The molecule has 3 rings (SSSR count). The van der Waals surface area contributed by atoms with Gasteiger partial charge in [-0.25, -0.2) is 9.89 Å². The van der Waals surface area contributed by atoms with Gasteiger partial charge in [-0.2, -0.15) is 0 Å². The zero-order valence-corrected chi connectivity index (χ0v) is 10.3. The van der Waals surface area contributed by atoms with Crippen LogP contribution in [0, 0.1) is 5.92 Å². The van der Waals surface area contributed by atoms with Gasteiger partial charge in [0.2, 0.25) is 0 Å². The van der Waals surface area contributed by atoms with E-state index >= 15 is 0 Å². The highest BCUT2D eigenvalue weighted by molar-refractivity contribution is 5.81. The van der Waals surface area contributed by atoms with Crippen LogP contribution in [0.2, 0.25) is 0 Å². The molecule has 0 spiro atoms. The van der Waals surface area contributed by atoms with Crippen molar-refractivity contribution in [2.24, 2.45) is 15.9 Å². The molecule has 0 aromatic rings. The molecule has 2 unspecified atom stereocenters. The molecule has 18 heavy (non-hydrogen) atoms. The largest absolute Gasteiger partial charge is 1.00 e. The molecule has 0 radical (unpaired) electrons. The average Bonchev–Trinajstić information content (AvgIpc) is 2.95. The van der Waals surface area contributed by atoms with Gasteiger partial charge in [0.15, 0.2) is 12.0 Å². The van der Waals surface area contributed by atoms with Crippen molar-refractivity contribution >= 4 is 18.6 Å². The number of rotatable bonds is 1. The Bertz CT molecular complexity index is 483. The number of amides is 1. The van der Waals surface area contributed by atoms with E-state index in [1.807, 2.05) is 12.5 Å². The Morgan fingerprint density at radius 2 is 2.39 bits per heavy atom. The van der Waals surface area contributed by atoms with E-state index in [-0.39, 0.29) is 18.3 Å². The third kappa shape index (κ3) is 2.04. The summed E-state index contributed by atoms with van der Waals surface area (Å²) in [6, 6.07) is 0. The summed E-state index contributed by atoms with van der Waals surface area (Å²) < 4.78 is 0. The number of hydrogen-bond acceptors (Lipinski definition) is 4. The number of carbonyl (C=O) groups is 1. The minimum Gasteiger partial charge on any atom is -1.00 e. The molecule has 0 aromatic heterocycles. The Morgan fingerprint density at radius 3 is 3.11 bits per heavy atom. The van der Waals surface area contributed by atoms with Crippen molar-refractivity contribution in [3.63, 3.8) is 0 Å². The number of quaternary nitrogens is 1. The number of nitrogens with one attached hydrogen (secondary N) is 1. The summed E-state index contributed by atoms with van der Waals surface area (Å²) in [5.74, 6) is 0.162. The highest BCUT2D eigenvalue weighted by Gasteiger charge is 2.33. The lowest BCUT2D eigenvalue weighted by molar-refractivity contribution is -0.682. The molecule has 3 aliphatic rings. The first-order valence-corrected chi connectivity index (χ1v) is 5.57. The van der Waals surface area contributed by atoms with Gasteiger partial charge in [-0.15, -0.1) is 0 Å². The van der Waals surface area contributed by atoms with Gasteiger partial charge >= 0.3 is 0 Å². The summed E-state index contributed by atoms with van der Waals surface area (Å²) >= 11 is 0. The van der Waals surface area contributed by atoms with Gasteiger partial charge in [0, 0.05) is 19.0 Å². The van der Waals surface area contributed by atoms with Crippen LogP contribution in [0.25, 0.3) is 0 Å². The van der Waals surface area contributed by atoms with Crippen LogP contribution in [0.4, 0.5) is 4.79 Å². The fraction of sp³-hybridized carbons (Fsp3) is 0.364. The van der Waals surface area contributed by atoms with E-state index < -0.39 is 6.09 Å². The van der Waals surface area contributed by atoms with Crippen LogP contribution in [0.15, 0.2) is 33.8 Å². The van der Waals surface area contributed by atoms with Crippen molar-refractivity contribution < 1.29 is 27.2 Å². The van der Waals surface area contributed by atoms with Gasteiger partial charge in [0.25, 0.3) is 0 Å². The summed E-state index contributed by atoms with van der Waals surface area (Å²) in [5, 5.41) is 10.8. The van der Waals surface area contributed by atoms with E-state index in [4.69, 9.17) is 0 Å². The monoisotopic (exact) mass is 267 g/mol. The van der Waals surface area contributed by atoms with Crippen LogP contribution in [-0.2, 0) is 0 Å². The molecule has 0 aliphatic carbocycles. The van der Waals surface area contributed by atoms with Gasteiger partial charge in [-0.05, 0) is 6.42 Å². The van der Waals surface area contributed by atoms with Gasteiger partial charge < -0.3 is 27.2 Å². The predicted molar refractivity (Wildman–Crippen MR) is 59.2 cm³/mol. The molecule has 1 saturated heterocycles. The van der Waals surface area contributed by atoms with Crippen molar-refractivity contribution in [2.45, 2.75) is 6.42 Å². The molecular formula is C11H12ClN4O2-. The van der Waals surface area contributed by atoms with E-state index in [1.54, 1.807) is 12.4 Å². The van der Waals surface area contributed by atoms with Crippen LogP contribution in [0.5, 0.6) is 0 Å². The molecule has 0 bridgehead atoms. The maximum atomic E-state index is 10.8. The Hall–Kier alpha value is -1.66. The van der Waals surface area contributed by atoms with Crippen LogP contribution in [0.1, 0.15) is 6.42 Å². The van der Waals surface area contributed by atoms with Crippen LogP contribution in [-0.4, -0.2) is 36.6 Å². The van der Waals surface area contributed by atoms with Crippen molar-refractivity contribution in [2.75, 3.05) is 13.1 Å². The summed E-state index contributed by atoms with van der Waals surface area (Å²) in [6.07, 6.45) is 6.96. The molecule has 3 aliphatic heterocycles. The lowest BCUT2D eigenvalue weighted by Gasteiger charge is -2.18. The van der Waals surface area contributed by atoms with Crippen LogP contribution in [0.3, 0.4) is 0 Å². The maximum Gasteiger partial charge on any atom is 0.198 e. The summed E-state index contributed by atoms with van der Waals surface area (Å²) in [5.41, 5.74) is 1.98. The maximum absolute atomic E-state index is 10.8. The predicted octanol–water partition coefficient (Wildman–Crippen LogP) is -4.65. The lowest BCUT2D eigenvalue weighted by atomic mass is 10.0. The number of aliphatic imine (C=N–C) groups is 2. The number of carbonyl (C=O) groups excluding carboxylic acids is 1. The van der Waals surface area contributed by atoms with E-state index in [0.29, 0.717) is 13.1 Å². The van der Waals surface area contributed by atoms with Gasteiger partial charge in [0.1, 0.15) is 18.0 Å². The number of carboxylic acid groups (broad SMARTS) is 1. The molecule has 1 fully saturated rings. The van der Waals surface area contributed by atoms with Gasteiger partial charge in [0.05, 0.1) is 12.4 Å². The SMILES string of the molecule is O=C([O-])N1CCC(C2=C3C=NC=C[NH+]3C=N2)C1.[Cl-]. The molecule has 0 aromatic carbocycles. The third-order valence-corrected chi connectivity index (χ3v) is 3.31. The van der Waals surface area contributed by atoms with E-state index in [2.05, 4.69) is 9.98 Å².